The van der Waals surface area contributed by atoms with Crippen LogP contribution in [0.5, 0.6) is 0 Å². The van der Waals surface area contributed by atoms with Crippen LogP contribution < -0.4 is 20.7 Å². The molecule has 0 saturated carbocycles. The van der Waals surface area contributed by atoms with Crippen molar-refractivity contribution in [3.05, 3.63) is 206 Å². The fraction of sp³-hybridized carbons (Fsp3) is 0.0606. The molecule has 0 saturated heterocycles. The van der Waals surface area contributed by atoms with Crippen molar-refractivity contribution in [1.82, 2.24) is 0 Å². The Morgan fingerprint density at radius 3 is 1.00 bits per heavy atom. The number of para-hydroxylation sites is 2. The first-order valence-corrected chi connectivity index (χ1v) is 30.6. The van der Waals surface area contributed by atoms with Gasteiger partial charge in [0.25, 0.3) is 0 Å². The van der Waals surface area contributed by atoms with E-state index in [4.69, 9.17) is 8.83 Å². The maximum atomic E-state index is 7.19. The van der Waals surface area contributed by atoms with E-state index in [0.717, 1.165) is 33.1 Å². The maximum Gasteiger partial charge on any atom is 0.143 e. The van der Waals surface area contributed by atoms with Crippen molar-refractivity contribution in [2.24, 2.45) is 0 Å². The van der Waals surface area contributed by atoms with Crippen molar-refractivity contribution in [1.29, 1.82) is 0 Å². The standard InChI is InChI=1S/C66H46O2Si2/c1-69(2)57-37-53(47-33-31-41(39-19-7-5-8-20-39)43-23-11-13-25-45(43)47)59-49-27-15-17-29-55(49)67-63(59)61(57)51-35-36-52-62-58(70(3,4)66(52)65(51)69)38-54(60-50-28-16-18-30-56(50)68-64(60)62)48-34-32-42(40-21-9-6-10-22-40)44-24-12-14-26-46(44)48/h5-38H,1-4H3. The highest BCUT2D eigenvalue weighted by Gasteiger charge is 2.50. The zero-order valence-electron chi connectivity index (χ0n) is 39.4. The molecule has 0 atom stereocenters. The predicted molar refractivity (Wildman–Crippen MR) is 302 cm³/mol. The third-order valence-corrected chi connectivity index (χ3v) is 23.5. The van der Waals surface area contributed by atoms with Gasteiger partial charge in [0.1, 0.15) is 38.5 Å². The van der Waals surface area contributed by atoms with Crippen LogP contribution >= 0.6 is 0 Å². The monoisotopic (exact) mass is 926 g/mol. The summed E-state index contributed by atoms with van der Waals surface area (Å²) in [6, 6.07) is 76.3. The molecular weight excluding hydrogens is 881 g/mol. The van der Waals surface area contributed by atoms with Gasteiger partial charge in [-0.2, -0.15) is 0 Å². The van der Waals surface area contributed by atoms with Crippen molar-refractivity contribution in [2.45, 2.75) is 26.2 Å². The third-order valence-electron chi connectivity index (χ3n) is 16.2. The molecule has 2 aliphatic rings. The summed E-state index contributed by atoms with van der Waals surface area (Å²) in [6.45, 7) is 10.4. The second-order valence-corrected chi connectivity index (χ2v) is 29.2. The molecular formula is C66H46O2Si2. The number of hydrogen-bond donors (Lipinski definition) is 0. The molecule has 15 rings (SSSR count). The predicted octanol–water partition coefficient (Wildman–Crippen LogP) is 16.1. The summed E-state index contributed by atoms with van der Waals surface area (Å²) in [5.74, 6) is 0. The minimum absolute atomic E-state index is 0.928. The molecule has 2 aromatic heterocycles. The SMILES string of the molecule is C[Si]1(C)c2cc(-c3ccc(-c4ccccc4)c4ccccc34)c3c(oc4ccccc43)c2-c2ccc3c(c21)[Si](C)(C)c1cc(-c2ccc(-c4ccccc4)c4ccccc24)c2c(oc4ccccc42)c1-3. The highest BCUT2D eigenvalue weighted by molar-refractivity contribution is 7.13. The van der Waals surface area contributed by atoms with E-state index in [1.807, 2.05) is 0 Å². The summed E-state index contributed by atoms with van der Waals surface area (Å²) in [5.41, 5.74) is 19.1. The first kappa shape index (κ1) is 39.9. The van der Waals surface area contributed by atoms with Crippen LogP contribution in [0.15, 0.2) is 215 Å². The van der Waals surface area contributed by atoms with Crippen LogP contribution in [0.2, 0.25) is 26.2 Å². The summed E-state index contributed by atoms with van der Waals surface area (Å²) in [7, 11) is -4.87. The van der Waals surface area contributed by atoms with Crippen LogP contribution in [0, 0.1) is 0 Å². The Kier molecular flexibility index (Phi) is 8.14. The first-order valence-electron chi connectivity index (χ1n) is 24.6. The molecule has 0 spiro atoms. The summed E-state index contributed by atoms with van der Waals surface area (Å²) in [5, 5.41) is 15.8. The van der Waals surface area contributed by atoms with Crippen molar-refractivity contribution in [2.75, 3.05) is 0 Å². The third kappa shape index (κ3) is 5.27. The van der Waals surface area contributed by atoms with Gasteiger partial charge in [-0.1, -0.05) is 220 Å². The molecule has 13 aromatic rings. The van der Waals surface area contributed by atoms with Gasteiger partial charge in [-0.15, -0.1) is 0 Å². The highest BCUT2D eigenvalue weighted by Crippen LogP contribution is 2.50. The molecule has 2 aliphatic heterocycles. The molecule has 4 heterocycles. The minimum Gasteiger partial charge on any atom is -0.455 e. The normalized spacial score (nSPS) is 14.2. The first-order chi connectivity index (χ1) is 34.3. The Hall–Kier alpha value is -8.03. The maximum absolute atomic E-state index is 7.19. The van der Waals surface area contributed by atoms with E-state index in [-0.39, 0.29) is 0 Å². The molecule has 11 aromatic carbocycles. The van der Waals surface area contributed by atoms with E-state index in [2.05, 4.69) is 232 Å². The number of furan rings is 2. The van der Waals surface area contributed by atoms with Crippen LogP contribution in [0.1, 0.15) is 0 Å². The molecule has 0 radical (unpaired) electrons. The van der Waals surface area contributed by atoms with Gasteiger partial charge in [0.15, 0.2) is 0 Å². The lowest BCUT2D eigenvalue weighted by molar-refractivity contribution is 0.670. The van der Waals surface area contributed by atoms with E-state index >= 15 is 0 Å². The van der Waals surface area contributed by atoms with Crippen molar-refractivity contribution in [3.8, 4) is 66.8 Å². The van der Waals surface area contributed by atoms with Crippen molar-refractivity contribution >= 4 is 102 Å². The van der Waals surface area contributed by atoms with Gasteiger partial charge in [-0.25, -0.2) is 0 Å². The number of hydrogen-bond acceptors (Lipinski definition) is 2. The average Bonchev–Trinajstić information content (AvgIpc) is 4.11. The van der Waals surface area contributed by atoms with E-state index in [0.29, 0.717) is 0 Å². The summed E-state index contributed by atoms with van der Waals surface area (Å²) >= 11 is 0. The Balaban J connectivity index is 0.986. The van der Waals surface area contributed by atoms with Gasteiger partial charge in [0.2, 0.25) is 0 Å². The van der Waals surface area contributed by atoms with Gasteiger partial charge in [0, 0.05) is 32.7 Å². The summed E-state index contributed by atoms with van der Waals surface area (Å²) in [6.07, 6.45) is 0. The van der Waals surface area contributed by atoms with Crippen LogP contribution in [-0.2, 0) is 0 Å². The minimum atomic E-state index is -2.44. The fourth-order valence-electron chi connectivity index (χ4n) is 13.1. The molecule has 2 nitrogen and oxygen atoms in total. The molecule has 70 heavy (non-hydrogen) atoms. The number of fused-ring (bicyclic) bond motifs is 17. The van der Waals surface area contributed by atoms with Crippen LogP contribution in [0.3, 0.4) is 0 Å². The molecule has 4 heteroatoms. The van der Waals surface area contributed by atoms with Gasteiger partial charge in [-0.3, -0.25) is 0 Å². The molecule has 0 unspecified atom stereocenters. The smallest absolute Gasteiger partial charge is 0.143 e. The molecule has 0 fully saturated rings. The Morgan fingerprint density at radius 2 is 0.600 bits per heavy atom. The summed E-state index contributed by atoms with van der Waals surface area (Å²) < 4.78 is 14.4. The van der Waals surface area contributed by atoms with Crippen molar-refractivity contribution in [3.63, 3.8) is 0 Å². The van der Waals surface area contributed by atoms with E-state index in [9.17, 15) is 0 Å². The van der Waals surface area contributed by atoms with Crippen LogP contribution in [0.4, 0.5) is 0 Å². The summed E-state index contributed by atoms with van der Waals surface area (Å²) in [4.78, 5) is 0. The largest absolute Gasteiger partial charge is 0.455 e. The Bertz CT molecular complexity index is 4120. The van der Waals surface area contributed by atoms with Crippen LogP contribution in [0.25, 0.3) is 132 Å². The molecule has 0 aliphatic carbocycles. The Labute approximate surface area is 408 Å². The van der Waals surface area contributed by atoms with Gasteiger partial charge >= 0.3 is 0 Å². The number of rotatable bonds is 4. The van der Waals surface area contributed by atoms with Gasteiger partial charge in [0.05, 0.1) is 0 Å². The quantitative estimate of drug-likeness (QED) is 0.164. The lowest BCUT2D eigenvalue weighted by atomic mass is 9.88. The number of benzene rings is 11. The van der Waals surface area contributed by atoms with Gasteiger partial charge < -0.3 is 8.83 Å². The second-order valence-electron chi connectivity index (χ2n) is 20.6. The lowest BCUT2D eigenvalue weighted by Gasteiger charge is -2.28. The zero-order valence-corrected chi connectivity index (χ0v) is 41.4. The second kappa shape index (κ2) is 14.3. The van der Waals surface area contributed by atoms with Crippen LogP contribution in [-0.4, -0.2) is 16.1 Å². The van der Waals surface area contributed by atoms with Gasteiger partial charge in [-0.05, 0) is 110 Å². The zero-order chi connectivity index (χ0) is 46.6. The average molecular weight is 927 g/mol. The molecule has 330 valence electrons. The molecule has 0 bridgehead atoms. The lowest BCUT2D eigenvalue weighted by Crippen LogP contribution is -2.63. The molecule has 0 N–H and O–H groups in total. The van der Waals surface area contributed by atoms with E-state index in [1.54, 1.807) is 10.4 Å². The fourth-order valence-corrected chi connectivity index (χ4v) is 21.6. The highest BCUT2D eigenvalue weighted by atomic mass is 28.3. The Morgan fingerprint density at radius 1 is 0.286 bits per heavy atom. The van der Waals surface area contributed by atoms with E-state index < -0.39 is 16.1 Å². The molecule has 0 amide bonds. The topological polar surface area (TPSA) is 26.3 Å². The van der Waals surface area contributed by atoms with E-state index in [1.165, 1.54) is 109 Å². The van der Waals surface area contributed by atoms with Crippen molar-refractivity contribution < 1.29 is 8.83 Å².